The number of aromatic nitrogens is 2. The Morgan fingerprint density at radius 3 is 2.85 bits per heavy atom. The number of hydrogen-bond acceptors (Lipinski definition) is 4. The molecule has 130 valence electrons. The molecule has 1 heterocycles. The fourth-order valence-electron chi connectivity index (χ4n) is 2.47. The molecule has 0 aliphatic rings. The normalized spacial score (nSPS) is 11.4. The van der Waals surface area contributed by atoms with E-state index in [-0.39, 0.29) is 0 Å². The summed E-state index contributed by atoms with van der Waals surface area (Å²) in [4.78, 5) is 19.4. The monoisotopic (exact) mass is 408 g/mol. The molecule has 0 unspecified atom stereocenters. The van der Waals surface area contributed by atoms with E-state index < -0.39 is 5.91 Å². The van der Waals surface area contributed by atoms with E-state index in [0.29, 0.717) is 0 Å². The number of nitrogens with zero attached hydrogens (tertiary/aromatic N) is 2. The van der Waals surface area contributed by atoms with Crippen LogP contribution in [-0.2, 0) is 11.2 Å². The second kappa shape index (κ2) is 8.40. The number of nitrogens with one attached hydrogen (secondary N) is 1. The molecule has 0 saturated heterocycles. The number of halogens is 1. The number of rotatable bonds is 6. The summed E-state index contributed by atoms with van der Waals surface area (Å²) in [6.07, 6.45) is 9.00. The number of carbonyl (C=O) groups is 1. The molecule has 5 nitrogen and oxygen atoms in total. The van der Waals surface area contributed by atoms with Gasteiger partial charge >= 0.3 is 0 Å². The van der Waals surface area contributed by atoms with Crippen molar-refractivity contribution in [2.24, 2.45) is 5.73 Å². The predicted molar refractivity (Wildman–Crippen MR) is 108 cm³/mol. The van der Waals surface area contributed by atoms with Crippen LogP contribution in [0.5, 0.6) is 0 Å². The van der Waals surface area contributed by atoms with E-state index in [1.54, 1.807) is 18.5 Å². The Labute approximate surface area is 159 Å². The Morgan fingerprint density at radius 1 is 1.15 bits per heavy atom. The SMILES string of the molecule is NC(=O)C=CC=CCc1ccc2ncnc(Nc3cccc(Br)c3)c2c1. The molecular formula is C20H17BrN4O. The average molecular weight is 409 g/mol. The minimum atomic E-state index is -0.458. The lowest BCUT2D eigenvalue weighted by Crippen LogP contribution is -2.04. The number of nitrogens with two attached hydrogens (primary N) is 1. The molecular weight excluding hydrogens is 392 g/mol. The summed E-state index contributed by atoms with van der Waals surface area (Å²) in [5.74, 6) is 0.299. The maximum atomic E-state index is 10.7. The highest BCUT2D eigenvalue weighted by molar-refractivity contribution is 9.10. The minimum absolute atomic E-state index is 0.458. The highest BCUT2D eigenvalue weighted by atomic mass is 79.9. The third kappa shape index (κ3) is 4.77. The first-order chi connectivity index (χ1) is 12.6. The van der Waals surface area contributed by atoms with Crippen molar-refractivity contribution >= 4 is 44.2 Å². The van der Waals surface area contributed by atoms with Crippen LogP contribution in [0.3, 0.4) is 0 Å². The van der Waals surface area contributed by atoms with Gasteiger partial charge in [-0.3, -0.25) is 4.79 Å². The Bertz CT molecular complexity index is 998. The summed E-state index contributed by atoms with van der Waals surface area (Å²) in [5, 5.41) is 4.29. The van der Waals surface area contributed by atoms with E-state index in [2.05, 4.69) is 37.3 Å². The molecule has 0 fully saturated rings. The predicted octanol–water partition coefficient (Wildman–Crippen LogP) is 4.28. The smallest absolute Gasteiger partial charge is 0.241 e. The molecule has 0 spiro atoms. The molecule has 26 heavy (non-hydrogen) atoms. The van der Waals surface area contributed by atoms with Crippen LogP contribution in [0, 0.1) is 0 Å². The van der Waals surface area contributed by atoms with Gasteiger partial charge in [-0.15, -0.1) is 0 Å². The highest BCUT2D eigenvalue weighted by Crippen LogP contribution is 2.25. The van der Waals surface area contributed by atoms with Crippen molar-refractivity contribution in [1.82, 2.24) is 9.97 Å². The van der Waals surface area contributed by atoms with Gasteiger partial charge in [0.15, 0.2) is 0 Å². The number of anilines is 2. The summed E-state index contributed by atoms with van der Waals surface area (Å²) in [7, 11) is 0. The van der Waals surface area contributed by atoms with Crippen LogP contribution < -0.4 is 11.1 Å². The third-order valence-corrected chi connectivity index (χ3v) is 4.14. The van der Waals surface area contributed by atoms with Crippen molar-refractivity contribution in [3.8, 4) is 0 Å². The molecule has 0 aliphatic carbocycles. The van der Waals surface area contributed by atoms with Gasteiger partial charge in [0.25, 0.3) is 0 Å². The molecule has 1 aromatic heterocycles. The topological polar surface area (TPSA) is 80.9 Å². The number of hydrogen-bond donors (Lipinski definition) is 2. The quantitative estimate of drug-likeness (QED) is 0.471. The zero-order valence-electron chi connectivity index (χ0n) is 13.9. The molecule has 0 atom stereocenters. The van der Waals surface area contributed by atoms with Gasteiger partial charge in [0.1, 0.15) is 12.1 Å². The molecule has 1 amide bonds. The van der Waals surface area contributed by atoms with Crippen molar-refractivity contribution < 1.29 is 4.79 Å². The van der Waals surface area contributed by atoms with Gasteiger partial charge in [0, 0.05) is 21.6 Å². The lowest BCUT2D eigenvalue weighted by Gasteiger charge is -2.09. The number of amides is 1. The Kier molecular flexibility index (Phi) is 5.76. The third-order valence-electron chi connectivity index (χ3n) is 3.65. The van der Waals surface area contributed by atoms with Gasteiger partial charge in [-0.05, 0) is 42.3 Å². The van der Waals surface area contributed by atoms with Crippen LogP contribution in [-0.4, -0.2) is 15.9 Å². The van der Waals surface area contributed by atoms with Crippen LogP contribution in [0.4, 0.5) is 11.5 Å². The van der Waals surface area contributed by atoms with Crippen LogP contribution >= 0.6 is 15.9 Å². The van der Waals surface area contributed by atoms with E-state index in [1.165, 1.54) is 6.08 Å². The molecule has 0 radical (unpaired) electrons. The van der Waals surface area contributed by atoms with E-state index in [9.17, 15) is 4.79 Å². The zero-order valence-corrected chi connectivity index (χ0v) is 15.5. The van der Waals surface area contributed by atoms with Crippen molar-refractivity contribution in [2.75, 3.05) is 5.32 Å². The fourth-order valence-corrected chi connectivity index (χ4v) is 2.87. The number of benzene rings is 2. The van der Waals surface area contributed by atoms with Crippen molar-refractivity contribution in [3.05, 3.63) is 83.1 Å². The molecule has 6 heteroatoms. The van der Waals surface area contributed by atoms with E-state index >= 15 is 0 Å². The summed E-state index contributed by atoms with van der Waals surface area (Å²) >= 11 is 3.47. The number of carbonyl (C=O) groups excluding carboxylic acids is 1. The number of allylic oxidation sites excluding steroid dienone is 3. The maximum Gasteiger partial charge on any atom is 0.241 e. The first-order valence-corrected chi connectivity index (χ1v) is 8.80. The van der Waals surface area contributed by atoms with Gasteiger partial charge in [-0.25, -0.2) is 9.97 Å². The van der Waals surface area contributed by atoms with Gasteiger partial charge in [0.05, 0.1) is 5.52 Å². The Hall–Kier alpha value is -2.99. The molecule has 2 aromatic carbocycles. The molecule has 0 saturated carbocycles. The summed E-state index contributed by atoms with van der Waals surface area (Å²) in [5.41, 5.74) is 7.99. The second-order valence-electron chi connectivity index (χ2n) is 5.60. The van der Waals surface area contributed by atoms with Crippen molar-refractivity contribution in [1.29, 1.82) is 0 Å². The number of primary amides is 1. The average Bonchev–Trinajstić information content (AvgIpc) is 2.62. The first kappa shape index (κ1) is 17.8. The van der Waals surface area contributed by atoms with Crippen molar-refractivity contribution in [2.45, 2.75) is 6.42 Å². The molecule has 0 bridgehead atoms. The van der Waals surface area contributed by atoms with Crippen LogP contribution in [0.25, 0.3) is 10.9 Å². The van der Waals surface area contributed by atoms with E-state index in [4.69, 9.17) is 5.73 Å². The fraction of sp³-hybridized carbons (Fsp3) is 0.0500. The molecule has 3 N–H and O–H groups in total. The molecule has 3 rings (SSSR count). The highest BCUT2D eigenvalue weighted by Gasteiger charge is 2.05. The number of fused-ring (bicyclic) bond motifs is 1. The van der Waals surface area contributed by atoms with Gasteiger partial charge < -0.3 is 11.1 Å². The second-order valence-corrected chi connectivity index (χ2v) is 6.52. The van der Waals surface area contributed by atoms with Gasteiger partial charge in [-0.1, -0.05) is 46.3 Å². The van der Waals surface area contributed by atoms with Crippen molar-refractivity contribution in [3.63, 3.8) is 0 Å². The van der Waals surface area contributed by atoms with Crippen LogP contribution in [0.15, 0.2) is 77.6 Å². The largest absolute Gasteiger partial charge is 0.366 e. The lowest BCUT2D eigenvalue weighted by atomic mass is 10.1. The minimum Gasteiger partial charge on any atom is -0.366 e. The molecule has 0 aliphatic heterocycles. The van der Waals surface area contributed by atoms with E-state index in [0.717, 1.165) is 38.9 Å². The van der Waals surface area contributed by atoms with Gasteiger partial charge in [-0.2, -0.15) is 0 Å². The summed E-state index contributed by atoms with van der Waals surface area (Å²) in [6.45, 7) is 0. The lowest BCUT2D eigenvalue weighted by molar-refractivity contribution is -0.113. The zero-order chi connectivity index (χ0) is 18.4. The summed E-state index contributed by atoms with van der Waals surface area (Å²) in [6, 6.07) is 14.0. The maximum absolute atomic E-state index is 10.7. The Morgan fingerprint density at radius 2 is 2.04 bits per heavy atom. The van der Waals surface area contributed by atoms with Crippen LogP contribution in [0.1, 0.15) is 5.56 Å². The van der Waals surface area contributed by atoms with Crippen LogP contribution in [0.2, 0.25) is 0 Å². The van der Waals surface area contributed by atoms with Gasteiger partial charge in [0.2, 0.25) is 5.91 Å². The summed E-state index contributed by atoms with van der Waals surface area (Å²) < 4.78 is 0.996. The first-order valence-electron chi connectivity index (χ1n) is 8.01. The standard InChI is InChI=1S/C20H17BrN4O/c21-15-6-4-7-16(12-15)25-20-17-11-14(5-2-1-3-8-19(22)26)9-10-18(17)23-13-24-20/h1-4,6-13H,5H2,(H2,22,26)(H,23,24,25). The van der Waals surface area contributed by atoms with E-state index in [1.807, 2.05) is 42.5 Å². The Balaban J connectivity index is 1.84. The molecule has 3 aromatic rings.